The van der Waals surface area contributed by atoms with E-state index in [1.54, 1.807) is 28.6 Å². The summed E-state index contributed by atoms with van der Waals surface area (Å²) in [6, 6.07) is 5.50. The summed E-state index contributed by atoms with van der Waals surface area (Å²) in [5, 5.41) is 3.96. The minimum atomic E-state index is -0.249. The Kier molecular flexibility index (Phi) is 10.5. The summed E-state index contributed by atoms with van der Waals surface area (Å²) in [6.45, 7) is 17.2. The minimum Gasteiger partial charge on any atom is -0.459 e. The van der Waals surface area contributed by atoms with Crippen LogP contribution in [0.5, 0.6) is 0 Å². The number of allylic oxidation sites excluding steroid dienone is 2. The number of ether oxygens (including phenoxy) is 1. The Labute approximate surface area is 295 Å². The summed E-state index contributed by atoms with van der Waals surface area (Å²) >= 11 is 0. The van der Waals surface area contributed by atoms with Gasteiger partial charge in [-0.1, -0.05) is 85.5 Å². The van der Waals surface area contributed by atoms with Crippen molar-refractivity contribution in [3.05, 3.63) is 54.4 Å². The molecule has 2 aromatic heterocycles. The maximum Gasteiger partial charge on any atom is 0.330 e. The molecule has 0 aromatic carbocycles. The van der Waals surface area contributed by atoms with Gasteiger partial charge < -0.3 is 10.1 Å². The maximum atomic E-state index is 12.9. The van der Waals surface area contributed by atoms with Gasteiger partial charge in [-0.2, -0.15) is 0 Å². The van der Waals surface area contributed by atoms with Crippen molar-refractivity contribution in [2.75, 3.05) is 6.54 Å². The molecular formula is C43H63N3O3. The van der Waals surface area contributed by atoms with Gasteiger partial charge in [0, 0.05) is 36.8 Å². The Morgan fingerprint density at radius 1 is 1.08 bits per heavy atom. The van der Waals surface area contributed by atoms with Crippen LogP contribution in [-0.4, -0.2) is 34.2 Å². The number of carbonyl (C=O) groups is 2. The molecule has 2 heterocycles. The van der Waals surface area contributed by atoms with Crippen LogP contribution >= 0.6 is 0 Å². The van der Waals surface area contributed by atoms with Gasteiger partial charge >= 0.3 is 12.0 Å². The highest BCUT2D eigenvalue weighted by Crippen LogP contribution is 2.67. The average molecular weight is 670 g/mol. The van der Waals surface area contributed by atoms with E-state index in [2.05, 4.69) is 64.8 Å². The van der Waals surface area contributed by atoms with Gasteiger partial charge in [0.05, 0.1) is 0 Å². The molecule has 0 aliphatic heterocycles. The molecule has 4 aliphatic carbocycles. The van der Waals surface area contributed by atoms with Gasteiger partial charge in [-0.25, -0.2) is 14.6 Å². The lowest BCUT2D eigenvalue weighted by molar-refractivity contribution is -0.145. The first-order valence-electron chi connectivity index (χ1n) is 19.6. The van der Waals surface area contributed by atoms with E-state index < -0.39 is 0 Å². The quantitative estimate of drug-likeness (QED) is 0.147. The second-order valence-electron chi connectivity index (χ2n) is 18.1. The zero-order valence-electron chi connectivity index (χ0n) is 31.5. The van der Waals surface area contributed by atoms with E-state index in [4.69, 9.17) is 4.74 Å². The molecule has 49 heavy (non-hydrogen) atoms. The number of nitrogens with zero attached hydrogens (tertiary/aromatic N) is 2. The summed E-state index contributed by atoms with van der Waals surface area (Å²) in [7, 11) is 0. The van der Waals surface area contributed by atoms with Gasteiger partial charge in [-0.05, 0) is 121 Å². The number of carbonyl (C=O) groups excluding carboxylic acids is 2. The fraction of sp³-hybridized carbons (Fsp3) is 0.698. The SMILES string of the molecule is CC(C)CCC[C@@H](C)[C@H]1CC[C@H]2[C@@H]3CC=C4C[C@@H](OC(=O)/C=C/CC(C)(C)CNC(=O)n5ccc6cccnc65)CC[C@]4(C)[C@H]3CC[C@]12C. The molecule has 8 atom stereocenters. The topological polar surface area (TPSA) is 73.2 Å². The molecule has 0 saturated heterocycles. The van der Waals surface area contributed by atoms with E-state index >= 15 is 0 Å². The molecule has 268 valence electrons. The fourth-order valence-corrected chi connectivity index (χ4v) is 11.0. The van der Waals surface area contributed by atoms with Gasteiger partial charge in [0.15, 0.2) is 0 Å². The van der Waals surface area contributed by atoms with Crippen molar-refractivity contribution in [1.29, 1.82) is 0 Å². The number of hydrogen-bond donors (Lipinski definition) is 1. The first kappa shape index (κ1) is 35.9. The van der Waals surface area contributed by atoms with Crippen LogP contribution in [0.1, 0.15) is 126 Å². The molecule has 2 aromatic rings. The molecule has 6 heteroatoms. The summed E-state index contributed by atoms with van der Waals surface area (Å²) < 4.78 is 7.59. The van der Waals surface area contributed by atoms with Crippen molar-refractivity contribution >= 4 is 23.0 Å². The minimum absolute atomic E-state index is 0.0401. The lowest BCUT2D eigenvalue weighted by Gasteiger charge is -2.58. The third kappa shape index (κ3) is 7.45. The molecule has 6 nitrogen and oxygen atoms in total. The molecule has 3 fully saturated rings. The van der Waals surface area contributed by atoms with Crippen LogP contribution in [0.2, 0.25) is 0 Å². The predicted molar refractivity (Wildman–Crippen MR) is 199 cm³/mol. The monoisotopic (exact) mass is 669 g/mol. The van der Waals surface area contributed by atoms with E-state index in [0.29, 0.717) is 24.0 Å². The van der Waals surface area contributed by atoms with E-state index in [1.165, 1.54) is 51.4 Å². The van der Waals surface area contributed by atoms with Crippen LogP contribution in [-0.2, 0) is 9.53 Å². The zero-order chi connectivity index (χ0) is 35.0. The maximum absolute atomic E-state index is 12.9. The Morgan fingerprint density at radius 3 is 2.69 bits per heavy atom. The number of hydrogen-bond acceptors (Lipinski definition) is 4. The van der Waals surface area contributed by atoms with Crippen LogP contribution in [0, 0.1) is 51.8 Å². The van der Waals surface area contributed by atoms with Crippen LogP contribution in [0.15, 0.2) is 54.4 Å². The van der Waals surface area contributed by atoms with E-state index in [1.807, 2.05) is 24.3 Å². The Balaban J connectivity index is 0.989. The zero-order valence-corrected chi connectivity index (χ0v) is 31.5. The third-order valence-electron chi connectivity index (χ3n) is 13.9. The average Bonchev–Trinajstić information content (AvgIpc) is 3.65. The van der Waals surface area contributed by atoms with Crippen LogP contribution < -0.4 is 5.32 Å². The highest BCUT2D eigenvalue weighted by atomic mass is 16.5. The molecule has 0 unspecified atom stereocenters. The molecule has 0 bridgehead atoms. The Bertz CT molecular complexity index is 1550. The molecular weight excluding hydrogens is 606 g/mol. The largest absolute Gasteiger partial charge is 0.459 e. The van der Waals surface area contributed by atoms with Gasteiger partial charge in [-0.3, -0.25) is 4.57 Å². The number of pyridine rings is 1. The fourth-order valence-electron chi connectivity index (χ4n) is 11.0. The summed E-state index contributed by atoms with van der Waals surface area (Å²) in [5.41, 5.74) is 2.74. The lowest BCUT2D eigenvalue weighted by Crippen LogP contribution is -2.51. The van der Waals surface area contributed by atoms with Crippen molar-refractivity contribution < 1.29 is 14.3 Å². The highest BCUT2D eigenvalue weighted by molar-refractivity contribution is 5.89. The first-order chi connectivity index (χ1) is 23.3. The van der Waals surface area contributed by atoms with Crippen LogP contribution in [0.3, 0.4) is 0 Å². The summed E-state index contributed by atoms with van der Waals surface area (Å²) in [4.78, 5) is 30.1. The lowest BCUT2D eigenvalue weighted by atomic mass is 9.47. The molecule has 6 rings (SSSR count). The molecule has 1 amide bonds. The number of esters is 1. The van der Waals surface area contributed by atoms with Crippen molar-refractivity contribution in [1.82, 2.24) is 14.9 Å². The third-order valence-corrected chi connectivity index (χ3v) is 13.9. The number of amides is 1. The molecule has 3 saturated carbocycles. The summed E-state index contributed by atoms with van der Waals surface area (Å²) in [5.74, 6) is 4.74. The number of rotatable bonds is 11. The Morgan fingerprint density at radius 2 is 1.90 bits per heavy atom. The second-order valence-corrected chi connectivity index (χ2v) is 18.1. The van der Waals surface area contributed by atoms with Crippen molar-refractivity contribution in [3.63, 3.8) is 0 Å². The molecule has 4 aliphatic rings. The molecule has 0 radical (unpaired) electrons. The van der Waals surface area contributed by atoms with Gasteiger partial charge in [0.25, 0.3) is 0 Å². The standard InChI is InChI=1S/C43H63N3O3/c1-29(2)11-8-12-30(3)35-17-18-36-34-16-15-32-27-33(19-23-42(32,6)37(34)20-24-43(35,36)7)49-38(47)14-9-22-41(4,5)28-45-40(48)46-26-21-31-13-10-25-44-39(31)46/h9-10,13-15,21,25-26,29-30,33-37H,8,11-12,16-20,22-24,27-28H2,1-7H3,(H,45,48)/b14-9+/t30-,33+,34+,35-,36+,37+,42+,43-/m1/s1. The number of fused-ring (bicyclic) bond motifs is 6. The van der Waals surface area contributed by atoms with E-state index in [0.717, 1.165) is 60.2 Å². The number of nitrogens with one attached hydrogen (secondary N) is 1. The predicted octanol–water partition coefficient (Wildman–Crippen LogP) is 10.5. The smallest absolute Gasteiger partial charge is 0.330 e. The first-order valence-corrected chi connectivity index (χ1v) is 19.6. The van der Waals surface area contributed by atoms with Gasteiger partial charge in [-0.15, -0.1) is 0 Å². The second kappa shape index (κ2) is 14.4. The molecule has 0 spiro atoms. The molecule has 1 N–H and O–H groups in total. The van der Waals surface area contributed by atoms with E-state index in [9.17, 15) is 9.59 Å². The van der Waals surface area contributed by atoms with Crippen molar-refractivity contribution in [3.8, 4) is 0 Å². The van der Waals surface area contributed by atoms with Crippen molar-refractivity contribution in [2.45, 2.75) is 132 Å². The van der Waals surface area contributed by atoms with Crippen molar-refractivity contribution in [2.24, 2.45) is 51.8 Å². The van der Waals surface area contributed by atoms with Gasteiger partial charge in [0.1, 0.15) is 11.8 Å². The summed E-state index contributed by atoms with van der Waals surface area (Å²) in [6.07, 6.45) is 24.1. The highest BCUT2D eigenvalue weighted by Gasteiger charge is 2.59. The number of aromatic nitrogens is 2. The van der Waals surface area contributed by atoms with Crippen LogP contribution in [0.4, 0.5) is 4.79 Å². The normalized spacial score (nSPS) is 32.0. The van der Waals surface area contributed by atoms with E-state index in [-0.39, 0.29) is 28.9 Å². The Hall–Kier alpha value is -2.89. The van der Waals surface area contributed by atoms with Gasteiger partial charge in [0.2, 0.25) is 0 Å². The van der Waals surface area contributed by atoms with Crippen LogP contribution in [0.25, 0.3) is 11.0 Å².